The Morgan fingerprint density at radius 1 is 1.36 bits per heavy atom. The van der Waals surface area contributed by atoms with Crippen molar-refractivity contribution in [2.75, 3.05) is 7.11 Å². The molecule has 2 aromatic rings. The molecule has 0 aliphatic heterocycles. The summed E-state index contributed by atoms with van der Waals surface area (Å²) in [5, 5.41) is 8.80. The molecule has 0 radical (unpaired) electrons. The Bertz CT molecular complexity index is 785. The van der Waals surface area contributed by atoms with Gasteiger partial charge >= 0.3 is 5.97 Å². The molecule has 3 rings (SSSR count). The number of aryl methyl sites for hydroxylation is 1. The molecule has 1 N–H and O–H groups in total. The van der Waals surface area contributed by atoms with Gasteiger partial charge in [-0.2, -0.15) is 0 Å². The lowest BCUT2D eigenvalue weighted by atomic mass is 9.84. The molecule has 0 amide bonds. The standard InChI is InChI=1S/C22H29NO5/c1-15-20(23-22(28-15)17-8-5-9-18(13-17)26-2)14-27-19-10-3-6-16(12-19)7-4-11-21(24)25/h5,8-9,13,16,19H,3-4,6-7,10-12,14H2,1-2H3,(H,24,25)/t16-,19-/m0/s1. The van der Waals surface area contributed by atoms with E-state index < -0.39 is 5.97 Å². The molecule has 6 nitrogen and oxygen atoms in total. The zero-order chi connectivity index (χ0) is 19.9. The van der Waals surface area contributed by atoms with E-state index >= 15 is 0 Å². The molecule has 28 heavy (non-hydrogen) atoms. The highest BCUT2D eigenvalue weighted by molar-refractivity contribution is 5.66. The Balaban J connectivity index is 1.54. The molecule has 0 spiro atoms. The van der Waals surface area contributed by atoms with E-state index in [9.17, 15) is 4.79 Å². The number of benzene rings is 1. The Labute approximate surface area is 165 Å². The number of oxazole rings is 1. The first-order valence-electron chi connectivity index (χ1n) is 9.99. The van der Waals surface area contributed by atoms with Crippen LogP contribution in [0.15, 0.2) is 28.7 Å². The van der Waals surface area contributed by atoms with Crippen molar-refractivity contribution in [3.63, 3.8) is 0 Å². The molecule has 1 aromatic heterocycles. The van der Waals surface area contributed by atoms with Gasteiger partial charge in [-0.15, -0.1) is 0 Å². The smallest absolute Gasteiger partial charge is 0.303 e. The molecule has 1 aliphatic carbocycles. The molecule has 1 saturated carbocycles. The van der Waals surface area contributed by atoms with E-state index in [-0.39, 0.29) is 12.5 Å². The highest BCUT2D eigenvalue weighted by Gasteiger charge is 2.23. The quantitative estimate of drug-likeness (QED) is 0.653. The van der Waals surface area contributed by atoms with Crippen molar-refractivity contribution in [3.8, 4) is 17.2 Å². The summed E-state index contributed by atoms with van der Waals surface area (Å²) in [6.07, 6.45) is 6.54. The number of rotatable bonds is 9. The van der Waals surface area contributed by atoms with Crippen molar-refractivity contribution < 1.29 is 23.8 Å². The minimum Gasteiger partial charge on any atom is -0.497 e. The summed E-state index contributed by atoms with van der Waals surface area (Å²) < 4.78 is 17.2. The number of nitrogens with zero attached hydrogens (tertiary/aromatic N) is 1. The molecular formula is C22H29NO5. The summed E-state index contributed by atoms with van der Waals surface area (Å²) in [5.74, 6) is 1.96. The number of ether oxygens (including phenoxy) is 2. The third kappa shape index (κ3) is 5.58. The van der Waals surface area contributed by atoms with Gasteiger partial charge in [-0.05, 0) is 56.7 Å². The van der Waals surface area contributed by atoms with Gasteiger partial charge in [-0.1, -0.05) is 18.9 Å². The first kappa shape index (κ1) is 20.4. The van der Waals surface area contributed by atoms with E-state index in [0.29, 0.717) is 18.4 Å². The normalized spacial score (nSPS) is 19.5. The maximum atomic E-state index is 10.7. The van der Waals surface area contributed by atoms with Crippen molar-refractivity contribution in [1.29, 1.82) is 0 Å². The highest BCUT2D eigenvalue weighted by Crippen LogP contribution is 2.31. The van der Waals surface area contributed by atoms with Crippen LogP contribution < -0.4 is 4.74 Å². The molecule has 1 aliphatic rings. The van der Waals surface area contributed by atoms with Gasteiger partial charge in [-0.3, -0.25) is 4.79 Å². The number of carboxylic acid groups (broad SMARTS) is 1. The van der Waals surface area contributed by atoms with E-state index in [2.05, 4.69) is 4.98 Å². The van der Waals surface area contributed by atoms with Gasteiger partial charge in [0.15, 0.2) is 0 Å². The minimum atomic E-state index is -0.711. The molecule has 1 heterocycles. The van der Waals surface area contributed by atoms with Gasteiger partial charge in [-0.25, -0.2) is 4.98 Å². The van der Waals surface area contributed by atoms with Crippen LogP contribution in [0.4, 0.5) is 0 Å². The largest absolute Gasteiger partial charge is 0.497 e. The number of aromatic nitrogens is 1. The maximum Gasteiger partial charge on any atom is 0.303 e. The fraction of sp³-hybridized carbons (Fsp3) is 0.545. The summed E-state index contributed by atoms with van der Waals surface area (Å²) in [4.78, 5) is 15.3. The summed E-state index contributed by atoms with van der Waals surface area (Å²) in [6, 6.07) is 7.65. The second-order valence-electron chi connectivity index (χ2n) is 7.51. The highest BCUT2D eigenvalue weighted by atomic mass is 16.5. The zero-order valence-electron chi connectivity index (χ0n) is 16.6. The monoisotopic (exact) mass is 387 g/mol. The molecule has 6 heteroatoms. The van der Waals surface area contributed by atoms with Gasteiger partial charge in [0.05, 0.1) is 19.8 Å². The number of carbonyl (C=O) groups is 1. The summed E-state index contributed by atoms with van der Waals surface area (Å²) in [6.45, 7) is 2.34. The van der Waals surface area contributed by atoms with E-state index in [1.165, 1.54) is 6.42 Å². The maximum absolute atomic E-state index is 10.7. The Morgan fingerprint density at radius 2 is 2.21 bits per heavy atom. The van der Waals surface area contributed by atoms with Crippen molar-refractivity contribution in [2.24, 2.45) is 5.92 Å². The topological polar surface area (TPSA) is 81.8 Å². The second kappa shape index (κ2) is 9.73. The van der Waals surface area contributed by atoms with Crippen LogP contribution in [-0.4, -0.2) is 29.3 Å². The number of carboxylic acids is 1. The van der Waals surface area contributed by atoms with Crippen LogP contribution in [0.25, 0.3) is 11.5 Å². The predicted molar refractivity (Wildman–Crippen MR) is 105 cm³/mol. The van der Waals surface area contributed by atoms with Crippen molar-refractivity contribution >= 4 is 5.97 Å². The van der Waals surface area contributed by atoms with Gasteiger partial charge in [0, 0.05) is 12.0 Å². The molecule has 0 bridgehead atoms. The van der Waals surface area contributed by atoms with Crippen LogP contribution in [0, 0.1) is 12.8 Å². The zero-order valence-corrected chi connectivity index (χ0v) is 16.6. The average molecular weight is 387 g/mol. The Hall–Kier alpha value is -2.34. The van der Waals surface area contributed by atoms with Gasteiger partial charge in [0.25, 0.3) is 0 Å². The van der Waals surface area contributed by atoms with Gasteiger partial charge in [0.2, 0.25) is 5.89 Å². The number of aliphatic carboxylic acids is 1. The lowest BCUT2D eigenvalue weighted by molar-refractivity contribution is -0.137. The van der Waals surface area contributed by atoms with Gasteiger partial charge in [0.1, 0.15) is 17.2 Å². The van der Waals surface area contributed by atoms with Crippen LogP contribution in [0.5, 0.6) is 5.75 Å². The summed E-state index contributed by atoms with van der Waals surface area (Å²) in [7, 11) is 1.64. The predicted octanol–water partition coefficient (Wildman–Crippen LogP) is 4.99. The van der Waals surface area contributed by atoms with Crippen LogP contribution in [0.3, 0.4) is 0 Å². The third-order valence-corrected chi connectivity index (χ3v) is 5.40. The van der Waals surface area contributed by atoms with Crippen LogP contribution in [0.1, 0.15) is 56.4 Å². The van der Waals surface area contributed by atoms with Gasteiger partial charge < -0.3 is 19.0 Å². The van der Waals surface area contributed by atoms with E-state index in [0.717, 1.165) is 54.9 Å². The molecule has 0 unspecified atom stereocenters. The molecule has 2 atom stereocenters. The fourth-order valence-electron chi connectivity index (χ4n) is 3.84. The average Bonchev–Trinajstić information content (AvgIpc) is 3.07. The lowest BCUT2D eigenvalue weighted by Crippen LogP contribution is -2.23. The summed E-state index contributed by atoms with van der Waals surface area (Å²) >= 11 is 0. The van der Waals surface area contributed by atoms with Crippen molar-refractivity contribution in [1.82, 2.24) is 4.98 Å². The fourth-order valence-corrected chi connectivity index (χ4v) is 3.84. The molecule has 1 fully saturated rings. The Morgan fingerprint density at radius 3 is 3.00 bits per heavy atom. The van der Waals surface area contributed by atoms with Crippen LogP contribution in [0.2, 0.25) is 0 Å². The number of hydrogen-bond donors (Lipinski definition) is 1. The molecule has 0 saturated heterocycles. The van der Waals surface area contributed by atoms with Crippen LogP contribution in [-0.2, 0) is 16.1 Å². The third-order valence-electron chi connectivity index (χ3n) is 5.40. The SMILES string of the molecule is COc1cccc(-c2nc(CO[C@H]3CCC[C@@H](CCCC(=O)O)C3)c(C)o2)c1. The first-order chi connectivity index (χ1) is 13.5. The van der Waals surface area contributed by atoms with E-state index in [1.54, 1.807) is 7.11 Å². The van der Waals surface area contributed by atoms with Crippen LogP contribution >= 0.6 is 0 Å². The minimum absolute atomic E-state index is 0.208. The second-order valence-corrected chi connectivity index (χ2v) is 7.51. The van der Waals surface area contributed by atoms with E-state index in [1.807, 2.05) is 31.2 Å². The van der Waals surface area contributed by atoms with Crippen molar-refractivity contribution in [2.45, 2.75) is 64.6 Å². The first-order valence-corrected chi connectivity index (χ1v) is 9.99. The molecular weight excluding hydrogens is 358 g/mol. The molecule has 152 valence electrons. The lowest BCUT2D eigenvalue weighted by Gasteiger charge is -2.29. The molecule has 1 aromatic carbocycles. The summed E-state index contributed by atoms with van der Waals surface area (Å²) in [5.41, 5.74) is 1.70. The number of methoxy groups -OCH3 is 1. The van der Waals surface area contributed by atoms with Crippen molar-refractivity contribution in [3.05, 3.63) is 35.7 Å². The number of hydrogen-bond acceptors (Lipinski definition) is 5. The Kier molecular flexibility index (Phi) is 7.09. The van der Waals surface area contributed by atoms with E-state index in [4.69, 9.17) is 19.0 Å².